The van der Waals surface area contributed by atoms with Gasteiger partial charge in [-0.2, -0.15) is 0 Å². The first-order chi connectivity index (χ1) is 9.85. The van der Waals surface area contributed by atoms with Crippen molar-refractivity contribution in [2.75, 3.05) is 5.32 Å². The summed E-state index contributed by atoms with van der Waals surface area (Å²) in [5, 5.41) is 2.52. The molecule has 0 bridgehead atoms. The molecule has 109 valence electrons. The molecule has 0 fully saturated rings. The number of carbonyl (C=O) groups is 1. The number of ether oxygens (including phenoxy) is 1. The molecule has 1 aromatic carbocycles. The second-order valence-corrected chi connectivity index (χ2v) is 5.45. The van der Waals surface area contributed by atoms with Gasteiger partial charge in [-0.15, -0.1) is 0 Å². The number of aromatic nitrogens is 1. The molecule has 4 nitrogen and oxygen atoms in total. The lowest BCUT2D eigenvalue weighted by Gasteiger charge is -2.19. The van der Waals surface area contributed by atoms with E-state index in [0.29, 0.717) is 16.9 Å². The molecular weight excluding hydrogens is 271 g/mol. The van der Waals surface area contributed by atoms with Crippen LogP contribution in [0.4, 0.5) is 15.0 Å². The van der Waals surface area contributed by atoms with Gasteiger partial charge in [-0.25, -0.2) is 14.2 Å². The lowest BCUT2D eigenvalue weighted by molar-refractivity contribution is 0.0635. The van der Waals surface area contributed by atoms with Gasteiger partial charge < -0.3 is 4.74 Å². The Hall–Kier alpha value is -2.43. The minimum absolute atomic E-state index is 0.290. The van der Waals surface area contributed by atoms with Crippen LogP contribution in [-0.2, 0) is 4.74 Å². The van der Waals surface area contributed by atoms with Crippen molar-refractivity contribution in [1.29, 1.82) is 0 Å². The van der Waals surface area contributed by atoms with Crippen molar-refractivity contribution < 1.29 is 13.9 Å². The van der Waals surface area contributed by atoms with E-state index in [-0.39, 0.29) is 5.82 Å². The summed E-state index contributed by atoms with van der Waals surface area (Å²) in [5.41, 5.74) is 0.308. The monoisotopic (exact) mass is 287 g/mol. The number of nitrogens with zero attached hydrogens (tertiary/aromatic N) is 1. The zero-order valence-corrected chi connectivity index (χ0v) is 12.1. The molecule has 0 saturated carbocycles. The molecule has 0 atom stereocenters. The highest BCUT2D eigenvalue weighted by Gasteiger charge is 2.16. The van der Waals surface area contributed by atoms with Crippen LogP contribution in [0.1, 0.15) is 20.8 Å². The van der Waals surface area contributed by atoms with Crippen LogP contribution in [0.5, 0.6) is 0 Å². The Morgan fingerprint density at radius 1 is 1.38 bits per heavy atom. The summed E-state index contributed by atoms with van der Waals surface area (Å²) in [6, 6.07) is 10.6. The highest BCUT2D eigenvalue weighted by molar-refractivity contribution is 5.84. The average molecular weight is 287 g/mol. The molecule has 1 aromatic heterocycles. The van der Waals surface area contributed by atoms with Crippen molar-refractivity contribution in [2.45, 2.75) is 26.4 Å². The van der Waals surface area contributed by atoms with E-state index in [1.165, 1.54) is 12.3 Å². The summed E-state index contributed by atoms with van der Waals surface area (Å²) in [6.07, 6.45) is 0.882. The van der Waals surface area contributed by atoms with Crippen LogP contribution in [0.25, 0.3) is 11.1 Å². The van der Waals surface area contributed by atoms with Crippen molar-refractivity contribution in [3.05, 3.63) is 48.4 Å². The van der Waals surface area contributed by atoms with Gasteiger partial charge >= 0.3 is 6.09 Å². The number of amides is 1. The molecule has 2 rings (SSSR count). The average Bonchev–Trinajstić information content (AvgIpc) is 2.37. The fraction of sp³-hybridized carbons (Fsp3) is 0.250. The van der Waals surface area contributed by atoms with Crippen LogP contribution in [-0.4, -0.2) is 16.7 Å². The van der Waals surface area contributed by atoms with Gasteiger partial charge in [0.15, 0.2) is 0 Å². The Morgan fingerprint density at radius 3 is 2.81 bits per heavy atom. The Kier molecular flexibility index (Phi) is 4.21. The smallest absolute Gasteiger partial charge is 0.413 e. The molecule has 1 N–H and O–H groups in total. The van der Waals surface area contributed by atoms with Crippen LogP contribution in [0.2, 0.25) is 0 Å². The first-order valence-electron chi connectivity index (χ1n) is 6.48. The highest BCUT2D eigenvalue weighted by Crippen LogP contribution is 2.23. The Morgan fingerprint density at radius 2 is 2.14 bits per heavy atom. The van der Waals surface area contributed by atoms with Gasteiger partial charge in [-0.1, -0.05) is 12.1 Å². The molecule has 1 amide bonds. The molecule has 21 heavy (non-hydrogen) atoms. The lowest BCUT2D eigenvalue weighted by Crippen LogP contribution is -2.27. The topological polar surface area (TPSA) is 51.2 Å². The van der Waals surface area contributed by atoms with E-state index in [4.69, 9.17) is 4.74 Å². The summed E-state index contributed by atoms with van der Waals surface area (Å²) in [7, 11) is 0. The lowest BCUT2D eigenvalue weighted by atomic mass is 10.1. The third-order valence-corrected chi connectivity index (χ3v) is 2.48. The first-order valence-corrected chi connectivity index (χ1v) is 6.48. The molecule has 2 aromatic rings. The SMILES string of the molecule is CC(C)(C)OC(=O)Nc1cc(-c2[c]cccc2F)ccn1. The number of benzene rings is 1. The number of rotatable bonds is 2. The molecule has 0 spiro atoms. The van der Waals surface area contributed by atoms with E-state index in [0.717, 1.165) is 0 Å². The summed E-state index contributed by atoms with van der Waals surface area (Å²) in [5.74, 6) is -0.0923. The second kappa shape index (κ2) is 5.91. The van der Waals surface area contributed by atoms with Crippen molar-refractivity contribution in [3.8, 4) is 11.1 Å². The maximum Gasteiger partial charge on any atom is 0.413 e. The molecular formula is C16H16FN2O2. The van der Waals surface area contributed by atoms with Gasteiger partial charge in [0.25, 0.3) is 0 Å². The van der Waals surface area contributed by atoms with Gasteiger partial charge in [0.05, 0.1) is 0 Å². The molecule has 0 unspecified atom stereocenters. The van der Waals surface area contributed by atoms with E-state index in [9.17, 15) is 9.18 Å². The summed E-state index contributed by atoms with van der Waals surface area (Å²) >= 11 is 0. The minimum Gasteiger partial charge on any atom is -0.444 e. The van der Waals surface area contributed by atoms with Crippen LogP contribution in [0, 0.1) is 11.9 Å². The number of nitrogens with one attached hydrogen (secondary N) is 1. The first kappa shape index (κ1) is 15.0. The van der Waals surface area contributed by atoms with E-state index in [1.807, 2.05) is 0 Å². The van der Waals surface area contributed by atoms with Gasteiger partial charge in [0.2, 0.25) is 0 Å². The quantitative estimate of drug-likeness (QED) is 0.907. The van der Waals surface area contributed by atoms with E-state index >= 15 is 0 Å². The summed E-state index contributed by atoms with van der Waals surface area (Å²) in [4.78, 5) is 15.7. The van der Waals surface area contributed by atoms with Crippen LogP contribution in [0.3, 0.4) is 0 Å². The minimum atomic E-state index is -0.607. The van der Waals surface area contributed by atoms with E-state index in [1.54, 1.807) is 45.0 Å². The fourth-order valence-corrected chi connectivity index (χ4v) is 1.70. The van der Waals surface area contributed by atoms with Gasteiger partial charge in [0, 0.05) is 11.8 Å². The maximum absolute atomic E-state index is 13.7. The van der Waals surface area contributed by atoms with E-state index < -0.39 is 11.7 Å². The zero-order valence-electron chi connectivity index (χ0n) is 12.1. The van der Waals surface area contributed by atoms with Crippen molar-refractivity contribution >= 4 is 11.9 Å². The number of hydrogen-bond acceptors (Lipinski definition) is 3. The van der Waals surface area contributed by atoms with E-state index in [2.05, 4.69) is 16.4 Å². The fourth-order valence-electron chi connectivity index (χ4n) is 1.70. The number of carbonyl (C=O) groups excluding carboxylic acids is 1. The van der Waals surface area contributed by atoms with Crippen LogP contribution in [0.15, 0.2) is 36.5 Å². The molecule has 0 aliphatic heterocycles. The van der Waals surface area contributed by atoms with Crippen molar-refractivity contribution in [2.24, 2.45) is 0 Å². The Balaban J connectivity index is 2.19. The molecule has 0 saturated heterocycles. The van der Waals surface area contributed by atoms with Gasteiger partial charge in [-0.05, 0) is 50.6 Å². The Bertz CT molecular complexity index is 651. The maximum atomic E-state index is 13.7. The molecule has 0 aliphatic carbocycles. The number of halogens is 1. The zero-order chi connectivity index (χ0) is 15.5. The normalized spacial score (nSPS) is 11.0. The van der Waals surface area contributed by atoms with Crippen LogP contribution < -0.4 is 5.32 Å². The molecule has 5 heteroatoms. The Labute approximate surface area is 123 Å². The van der Waals surface area contributed by atoms with Crippen LogP contribution >= 0.6 is 0 Å². The molecule has 0 aliphatic rings. The summed E-state index contributed by atoms with van der Waals surface area (Å²) in [6.45, 7) is 5.31. The summed E-state index contributed by atoms with van der Waals surface area (Å²) < 4.78 is 18.9. The third kappa shape index (κ3) is 4.27. The van der Waals surface area contributed by atoms with Gasteiger partial charge in [0.1, 0.15) is 17.2 Å². The largest absolute Gasteiger partial charge is 0.444 e. The number of pyridine rings is 1. The molecule has 1 radical (unpaired) electrons. The van der Waals surface area contributed by atoms with Crippen molar-refractivity contribution in [1.82, 2.24) is 4.98 Å². The number of hydrogen-bond donors (Lipinski definition) is 1. The molecule has 1 heterocycles. The predicted molar refractivity (Wildman–Crippen MR) is 78.3 cm³/mol. The number of anilines is 1. The standard InChI is InChI=1S/C16H16FN2O2/c1-16(2,3)21-15(20)19-14-10-11(8-9-18-14)12-6-4-5-7-13(12)17/h4-5,7-10H,1-3H3,(H,18,19,20). The van der Waals surface area contributed by atoms with Crippen molar-refractivity contribution in [3.63, 3.8) is 0 Å². The van der Waals surface area contributed by atoms with Gasteiger partial charge in [-0.3, -0.25) is 5.32 Å². The highest BCUT2D eigenvalue weighted by atomic mass is 19.1. The second-order valence-electron chi connectivity index (χ2n) is 5.45. The predicted octanol–water partition coefficient (Wildman–Crippen LogP) is 4.03. The third-order valence-electron chi connectivity index (χ3n) is 2.48.